The molecule has 3 atom stereocenters. The van der Waals surface area contributed by atoms with E-state index in [2.05, 4.69) is 20.6 Å². The summed E-state index contributed by atoms with van der Waals surface area (Å²) in [5.74, 6) is 3.98. The molecular weight excluding hydrogens is 310 g/mol. The third-order valence-electron chi connectivity index (χ3n) is 4.97. The Morgan fingerprint density at radius 3 is 2.60 bits per heavy atom. The highest BCUT2D eigenvalue weighted by molar-refractivity contribution is 7.99. The summed E-state index contributed by atoms with van der Waals surface area (Å²) in [6, 6.07) is 0.589. The van der Waals surface area contributed by atoms with Gasteiger partial charge in [-0.05, 0) is 49.2 Å². The van der Waals surface area contributed by atoms with Crippen molar-refractivity contribution in [3.8, 4) is 0 Å². The number of aromatic nitrogens is 2. The van der Waals surface area contributed by atoms with Gasteiger partial charge in [0.2, 0.25) is 0 Å². The van der Waals surface area contributed by atoms with E-state index in [0.717, 1.165) is 17.8 Å². The lowest BCUT2D eigenvalue weighted by atomic mass is 9.64. The number of thioether (sulfide) groups is 1. The highest BCUT2D eigenvalue weighted by atomic mass is 35.5. The van der Waals surface area contributed by atoms with E-state index in [1.54, 1.807) is 0 Å². The van der Waals surface area contributed by atoms with Gasteiger partial charge in [-0.2, -0.15) is 8.75 Å². The van der Waals surface area contributed by atoms with E-state index in [1.165, 1.54) is 67.0 Å². The monoisotopic (exact) mass is 331 g/mol. The molecule has 4 bridgehead atoms. The average molecular weight is 332 g/mol. The Morgan fingerprint density at radius 1 is 1.20 bits per heavy atom. The van der Waals surface area contributed by atoms with Gasteiger partial charge in [0, 0.05) is 13.1 Å². The Labute approximate surface area is 135 Å². The maximum atomic E-state index is 4.68. The molecule has 3 aliphatic heterocycles. The molecule has 3 nitrogen and oxygen atoms in total. The van der Waals surface area contributed by atoms with Crippen molar-refractivity contribution in [2.75, 3.05) is 18.8 Å². The summed E-state index contributed by atoms with van der Waals surface area (Å²) >= 11 is 3.32. The molecule has 0 spiro atoms. The van der Waals surface area contributed by atoms with Crippen LogP contribution in [-0.4, -0.2) is 32.5 Å². The van der Waals surface area contributed by atoms with Crippen LogP contribution in [0, 0.1) is 17.8 Å². The zero-order valence-electron chi connectivity index (χ0n) is 11.8. The van der Waals surface area contributed by atoms with Gasteiger partial charge in [0.1, 0.15) is 10.7 Å². The molecule has 4 fully saturated rings. The first-order valence-electron chi connectivity index (χ1n) is 7.54. The molecular formula is C14H22ClN3S2. The van der Waals surface area contributed by atoms with Crippen LogP contribution in [0.5, 0.6) is 0 Å². The molecule has 3 unspecified atom stereocenters. The van der Waals surface area contributed by atoms with Crippen LogP contribution in [0.3, 0.4) is 0 Å². The molecule has 0 aromatic carbocycles. The Morgan fingerprint density at radius 2 is 1.95 bits per heavy atom. The lowest BCUT2D eigenvalue weighted by Gasteiger charge is -2.56. The smallest absolute Gasteiger partial charge is 0.135 e. The summed E-state index contributed by atoms with van der Waals surface area (Å²) < 4.78 is 9.24. The Bertz CT molecular complexity index is 437. The molecule has 6 heteroatoms. The molecule has 0 amide bonds. The summed E-state index contributed by atoms with van der Waals surface area (Å²) in [4.78, 5) is 2.73. The second-order valence-electron chi connectivity index (χ2n) is 6.40. The van der Waals surface area contributed by atoms with Crippen molar-refractivity contribution in [3.63, 3.8) is 0 Å². The second-order valence-corrected chi connectivity index (χ2v) is 8.01. The predicted octanol–water partition coefficient (Wildman–Crippen LogP) is 3.86. The zero-order valence-corrected chi connectivity index (χ0v) is 14.3. The third-order valence-corrected chi connectivity index (χ3v) is 6.81. The lowest BCUT2D eigenvalue weighted by molar-refractivity contribution is -0.0684. The normalized spacial score (nSPS) is 38.0. The van der Waals surface area contributed by atoms with E-state index in [-0.39, 0.29) is 12.4 Å². The van der Waals surface area contributed by atoms with Crippen LogP contribution < -0.4 is 0 Å². The van der Waals surface area contributed by atoms with Crippen LogP contribution in [0.25, 0.3) is 0 Å². The van der Waals surface area contributed by atoms with Gasteiger partial charge in [-0.25, -0.2) is 0 Å². The van der Waals surface area contributed by atoms with Crippen LogP contribution >= 0.6 is 35.9 Å². The summed E-state index contributed by atoms with van der Waals surface area (Å²) in [6.07, 6.45) is 5.58. The zero-order chi connectivity index (χ0) is 12.8. The first-order valence-corrected chi connectivity index (χ1v) is 9.26. The molecule has 5 rings (SSSR count). The van der Waals surface area contributed by atoms with Crippen LogP contribution in [0.1, 0.15) is 44.3 Å². The second kappa shape index (κ2) is 6.11. The number of nitrogens with zero attached hydrogens (tertiary/aromatic N) is 3. The van der Waals surface area contributed by atoms with Gasteiger partial charge in [0.25, 0.3) is 0 Å². The number of piperidine rings is 3. The maximum Gasteiger partial charge on any atom is 0.135 e. The first-order chi connectivity index (χ1) is 9.35. The minimum absolute atomic E-state index is 0. The minimum Gasteiger partial charge on any atom is -0.294 e. The molecule has 4 aliphatic rings. The van der Waals surface area contributed by atoms with Crippen LogP contribution in [0.4, 0.5) is 0 Å². The van der Waals surface area contributed by atoms with Crippen LogP contribution in [-0.2, 0) is 0 Å². The van der Waals surface area contributed by atoms with Crippen molar-refractivity contribution in [1.82, 2.24) is 13.6 Å². The quantitative estimate of drug-likeness (QED) is 0.783. The van der Waals surface area contributed by atoms with Crippen molar-refractivity contribution in [2.24, 2.45) is 17.8 Å². The Kier molecular flexibility index (Phi) is 4.60. The molecule has 20 heavy (non-hydrogen) atoms. The van der Waals surface area contributed by atoms with E-state index in [0.29, 0.717) is 6.04 Å². The number of hydrogen-bond acceptors (Lipinski definition) is 5. The number of hydrogen-bond donors (Lipinski definition) is 0. The first kappa shape index (κ1) is 15.1. The molecule has 1 saturated carbocycles. The SMILES string of the molecule is CCCSc1nsnc1C1C2CC3CC(C2)CN1C3.Cl. The summed E-state index contributed by atoms with van der Waals surface area (Å²) in [5, 5.41) is 1.23. The van der Waals surface area contributed by atoms with Gasteiger partial charge in [0.15, 0.2) is 0 Å². The molecule has 0 N–H and O–H groups in total. The van der Waals surface area contributed by atoms with Crippen LogP contribution in [0.15, 0.2) is 5.03 Å². The molecule has 3 saturated heterocycles. The lowest BCUT2D eigenvalue weighted by Crippen LogP contribution is -2.55. The van der Waals surface area contributed by atoms with Crippen molar-refractivity contribution >= 4 is 35.9 Å². The average Bonchev–Trinajstić information content (AvgIpc) is 2.83. The van der Waals surface area contributed by atoms with Crippen molar-refractivity contribution in [1.29, 1.82) is 0 Å². The fourth-order valence-electron chi connectivity index (χ4n) is 4.50. The molecule has 0 radical (unpaired) electrons. The molecule has 4 heterocycles. The van der Waals surface area contributed by atoms with Gasteiger partial charge in [-0.1, -0.05) is 6.92 Å². The van der Waals surface area contributed by atoms with Gasteiger partial charge in [0.05, 0.1) is 17.8 Å². The van der Waals surface area contributed by atoms with Gasteiger partial charge in [-0.15, -0.1) is 24.2 Å². The van der Waals surface area contributed by atoms with E-state index in [4.69, 9.17) is 0 Å². The van der Waals surface area contributed by atoms with Crippen molar-refractivity contribution in [2.45, 2.75) is 43.7 Å². The largest absolute Gasteiger partial charge is 0.294 e. The van der Waals surface area contributed by atoms with Crippen molar-refractivity contribution in [3.05, 3.63) is 5.69 Å². The summed E-state index contributed by atoms with van der Waals surface area (Å²) in [5.41, 5.74) is 1.31. The standard InChI is InChI=1S/C14H21N3S2.ClH/c1-2-3-18-14-12(15-19-16-14)13-11-5-9-4-10(6-11)8-17(13)7-9;/h9-11,13H,2-8H2,1H3;1H. The number of rotatable bonds is 4. The van der Waals surface area contributed by atoms with Crippen LogP contribution in [0.2, 0.25) is 0 Å². The molecule has 1 aromatic heterocycles. The predicted molar refractivity (Wildman–Crippen MR) is 86.8 cm³/mol. The summed E-state index contributed by atoms with van der Waals surface area (Å²) in [6.45, 7) is 4.86. The van der Waals surface area contributed by atoms with E-state index in [9.17, 15) is 0 Å². The van der Waals surface area contributed by atoms with Crippen molar-refractivity contribution < 1.29 is 0 Å². The molecule has 1 aliphatic carbocycles. The highest BCUT2D eigenvalue weighted by Crippen LogP contribution is 2.53. The van der Waals surface area contributed by atoms with E-state index >= 15 is 0 Å². The van der Waals surface area contributed by atoms with Gasteiger partial charge in [-0.3, -0.25) is 4.90 Å². The van der Waals surface area contributed by atoms with Gasteiger partial charge < -0.3 is 0 Å². The fourth-order valence-corrected chi connectivity index (χ4v) is 6.07. The Balaban J connectivity index is 0.00000121. The fraction of sp³-hybridized carbons (Fsp3) is 0.857. The Hall–Kier alpha value is 0.160. The maximum absolute atomic E-state index is 4.68. The molecule has 1 aromatic rings. The molecule has 112 valence electrons. The third kappa shape index (κ3) is 2.51. The number of halogens is 1. The highest BCUT2D eigenvalue weighted by Gasteiger charge is 2.48. The summed E-state index contributed by atoms with van der Waals surface area (Å²) in [7, 11) is 0. The van der Waals surface area contributed by atoms with E-state index < -0.39 is 0 Å². The minimum atomic E-state index is 0. The van der Waals surface area contributed by atoms with Gasteiger partial charge >= 0.3 is 0 Å². The topological polar surface area (TPSA) is 29.0 Å². The van der Waals surface area contributed by atoms with E-state index in [1.807, 2.05) is 11.8 Å².